The quantitative estimate of drug-likeness (QED) is 0.848. The molecule has 3 rings (SSSR count). The van der Waals surface area contributed by atoms with Crippen LogP contribution in [0.15, 0.2) is 42.9 Å². The van der Waals surface area contributed by atoms with Gasteiger partial charge >= 0.3 is 0 Å². The second-order valence-electron chi connectivity index (χ2n) is 6.52. The highest BCUT2D eigenvalue weighted by Gasteiger charge is 2.27. The number of imidazole rings is 1. The van der Waals surface area contributed by atoms with Gasteiger partial charge in [0, 0.05) is 32.8 Å². The van der Waals surface area contributed by atoms with Gasteiger partial charge in [-0.15, -0.1) is 0 Å². The molecule has 1 saturated heterocycles. The topological polar surface area (TPSA) is 48.3 Å². The first-order valence-electron chi connectivity index (χ1n) is 8.63. The van der Waals surface area contributed by atoms with Crippen LogP contribution in [0.1, 0.15) is 30.2 Å². The molecule has 1 aliphatic rings. The third kappa shape index (κ3) is 4.44. The molecule has 0 aliphatic carbocycles. The van der Waals surface area contributed by atoms with Gasteiger partial charge in [0.15, 0.2) is 0 Å². The second-order valence-corrected chi connectivity index (χ2v) is 6.52. The molecule has 0 spiro atoms. The van der Waals surface area contributed by atoms with Crippen LogP contribution < -0.4 is 5.32 Å². The largest absolute Gasteiger partial charge is 0.383 e. The van der Waals surface area contributed by atoms with Crippen LogP contribution in [0.2, 0.25) is 0 Å². The molecule has 0 radical (unpaired) electrons. The molecule has 5 nitrogen and oxygen atoms in total. The van der Waals surface area contributed by atoms with E-state index in [1.807, 2.05) is 24.1 Å². The zero-order chi connectivity index (χ0) is 16.8. The van der Waals surface area contributed by atoms with Crippen LogP contribution in [-0.4, -0.2) is 42.0 Å². The lowest BCUT2D eigenvalue weighted by atomic mass is 9.98. The van der Waals surface area contributed by atoms with Crippen molar-refractivity contribution in [2.45, 2.75) is 37.5 Å². The summed E-state index contributed by atoms with van der Waals surface area (Å²) in [7, 11) is 3.79. The number of benzene rings is 1. The van der Waals surface area contributed by atoms with Gasteiger partial charge in [0.1, 0.15) is 6.10 Å². The van der Waals surface area contributed by atoms with Gasteiger partial charge in [0.25, 0.3) is 0 Å². The monoisotopic (exact) mass is 329 g/mol. The van der Waals surface area contributed by atoms with E-state index in [9.17, 15) is 0 Å². The van der Waals surface area contributed by atoms with Crippen LogP contribution in [0.5, 0.6) is 0 Å². The van der Waals surface area contributed by atoms with E-state index in [1.54, 1.807) is 7.11 Å². The van der Waals surface area contributed by atoms with Gasteiger partial charge in [0.05, 0.1) is 24.8 Å². The normalized spacial score (nSPS) is 22.4. The lowest BCUT2D eigenvalue weighted by Crippen LogP contribution is -2.45. The standard InChI is InChI=1S/C19H27N3O2/c1-22-14-20-12-18(22)19-11-16(8-9-24-19)21-17(13-23-2)10-15-6-4-3-5-7-15/h3-7,12,14,16-17,19,21H,8-11,13H2,1-2H3. The average molecular weight is 329 g/mol. The molecule has 1 aromatic carbocycles. The molecule has 1 N–H and O–H groups in total. The number of methoxy groups -OCH3 is 1. The van der Waals surface area contributed by atoms with Gasteiger partial charge in [-0.25, -0.2) is 4.98 Å². The van der Waals surface area contributed by atoms with E-state index in [0.717, 1.165) is 31.6 Å². The molecule has 3 atom stereocenters. The summed E-state index contributed by atoms with van der Waals surface area (Å²) < 4.78 is 13.4. The van der Waals surface area contributed by atoms with Crippen LogP contribution in [0.4, 0.5) is 0 Å². The molecule has 2 heterocycles. The number of nitrogens with zero attached hydrogens (tertiary/aromatic N) is 2. The molecule has 1 fully saturated rings. The molecule has 5 heteroatoms. The molecule has 3 unspecified atom stereocenters. The fourth-order valence-electron chi connectivity index (χ4n) is 3.43. The highest BCUT2D eigenvalue weighted by Crippen LogP contribution is 2.28. The Morgan fingerprint density at radius 3 is 2.92 bits per heavy atom. The summed E-state index contributed by atoms with van der Waals surface area (Å²) in [4.78, 5) is 4.21. The minimum Gasteiger partial charge on any atom is -0.383 e. The van der Waals surface area contributed by atoms with Crippen LogP contribution in [0, 0.1) is 0 Å². The van der Waals surface area contributed by atoms with E-state index in [1.165, 1.54) is 5.56 Å². The number of hydrogen-bond donors (Lipinski definition) is 1. The Bertz CT molecular complexity index is 614. The van der Waals surface area contributed by atoms with Crippen molar-refractivity contribution in [3.8, 4) is 0 Å². The maximum Gasteiger partial charge on any atom is 0.100 e. The number of aryl methyl sites for hydroxylation is 1. The predicted octanol–water partition coefficient (Wildman–Crippen LogP) is 2.49. The van der Waals surface area contributed by atoms with Gasteiger partial charge in [-0.2, -0.15) is 0 Å². The number of rotatable bonds is 7. The minimum atomic E-state index is 0.115. The Hall–Kier alpha value is -1.69. The van der Waals surface area contributed by atoms with Gasteiger partial charge in [-0.05, 0) is 24.8 Å². The summed E-state index contributed by atoms with van der Waals surface area (Å²) in [6.07, 6.45) is 6.83. The van der Waals surface area contributed by atoms with Crippen molar-refractivity contribution >= 4 is 0 Å². The van der Waals surface area contributed by atoms with Gasteiger partial charge in [-0.1, -0.05) is 30.3 Å². The van der Waals surface area contributed by atoms with E-state index in [0.29, 0.717) is 18.7 Å². The van der Waals surface area contributed by atoms with Crippen molar-refractivity contribution in [1.82, 2.24) is 14.9 Å². The maximum absolute atomic E-state index is 5.96. The summed E-state index contributed by atoms with van der Waals surface area (Å²) in [6, 6.07) is 11.3. The Morgan fingerprint density at radius 2 is 2.21 bits per heavy atom. The van der Waals surface area contributed by atoms with Crippen LogP contribution in [0.3, 0.4) is 0 Å². The maximum atomic E-state index is 5.96. The highest BCUT2D eigenvalue weighted by atomic mass is 16.5. The number of ether oxygens (including phenoxy) is 2. The summed E-state index contributed by atoms with van der Waals surface area (Å²) in [5, 5.41) is 3.78. The number of nitrogens with one attached hydrogen (secondary N) is 1. The number of hydrogen-bond acceptors (Lipinski definition) is 4. The first-order valence-corrected chi connectivity index (χ1v) is 8.63. The highest BCUT2D eigenvalue weighted by molar-refractivity contribution is 5.16. The fourth-order valence-corrected chi connectivity index (χ4v) is 3.43. The third-order valence-electron chi connectivity index (χ3n) is 4.63. The van der Waals surface area contributed by atoms with Gasteiger partial charge in [-0.3, -0.25) is 0 Å². The Balaban J connectivity index is 1.60. The zero-order valence-electron chi connectivity index (χ0n) is 14.5. The number of aromatic nitrogens is 2. The van der Waals surface area contributed by atoms with Crippen molar-refractivity contribution in [3.63, 3.8) is 0 Å². The molecular weight excluding hydrogens is 302 g/mol. The smallest absolute Gasteiger partial charge is 0.100 e. The lowest BCUT2D eigenvalue weighted by molar-refractivity contribution is -0.00755. The molecular formula is C19H27N3O2. The van der Waals surface area contributed by atoms with Crippen molar-refractivity contribution in [3.05, 3.63) is 54.1 Å². The van der Waals surface area contributed by atoms with Crippen molar-refractivity contribution in [2.75, 3.05) is 20.3 Å². The first kappa shape index (κ1) is 17.1. The minimum absolute atomic E-state index is 0.115. The van der Waals surface area contributed by atoms with Crippen LogP contribution in [-0.2, 0) is 22.9 Å². The molecule has 2 aromatic rings. The molecule has 24 heavy (non-hydrogen) atoms. The lowest BCUT2D eigenvalue weighted by Gasteiger charge is -2.33. The van der Waals surface area contributed by atoms with Crippen molar-refractivity contribution in [1.29, 1.82) is 0 Å². The van der Waals surface area contributed by atoms with Gasteiger partial charge < -0.3 is 19.4 Å². The van der Waals surface area contributed by atoms with Crippen molar-refractivity contribution in [2.24, 2.45) is 7.05 Å². The Kier molecular flexibility index (Phi) is 6.01. The molecule has 0 amide bonds. The SMILES string of the molecule is COCC(Cc1ccccc1)NC1CCOC(c2cncn2C)C1. The third-order valence-corrected chi connectivity index (χ3v) is 4.63. The zero-order valence-corrected chi connectivity index (χ0v) is 14.5. The van der Waals surface area contributed by atoms with E-state index in [2.05, 4.69) is 40.6 Å². The second kappa shape index (κ2) is 8.42. The Labute approximate surface area is 144 Å². The van der Waals surface area contributed by atoms with E-state index < -0.39 is 0 Å². The molecule has 1 aromatic heterocycles. The first-order chi connectivity index (χ1) is 11.8. The van der Waals surface area contributed by atoms with E-state index in [4.69, 9.17) is 9.47 Å². The summed E-state index contributed by atoms with van der Waals surface area (Å²) in [6.45, 7) is 1.49. The summed E-state index contributed by atoms with van der Waals surface area (Å²) in [5.41, 5.74) is 2.48. The molecule has 1 aliphatic heterocycles. The predicted molar refractivity (Wildman–Crippen MR) is 93.9 cm³/mol. The van der Waals surface area contributed by atoms with Crippen LogP contribution >= 0.6 is 0 Å². The van der Waals surface area contributed by atoms with Gasteiger partial charge in [0.2, 0.25) is 0 Å². The Morgan fingerprint density at radius 1 is 1.38 bits per heavy atom. The summed E-state index contributed by atoms with van der Waals surface area (Å²) in [5.74, 6) is 0. The molecule has 0 bridgehead atoms. The fraction of sp³-hybridized carbons (Fsp3) is 0.526. The molecule has 0 saturated carbocycles. The summed E-state index contributed by atoms with van der Waals surface area (Å²) >= 11 is 0. The average Bonchev–Trinajstić information content (AvgIpc) is 3.02. The van der Waals surface area contributed by atoms with Crippen molar-refractivity contribution < 1.29 is 9.47 Å². The van der Waals surface area contributed by atoms with E-state index >= 15 is 0 Å². The van der Waals surface area contributed by atoms with E-state index in [-0.39, 0.29) is 6.10 Å². The van der Waals surface area contributed by atoms with Crippen LogP contribution in [0.25, 0.3) is 0 Å². The molecule has 130 valence electrons.